The zero-order valence-corrected chi connectivity index (χ0v) is 15.2. The van der Waals surface area contributed by atoms with Gasteiger partial charge in [-0.3, -0.25) is 4.79 Å². The van der Waals surface area contributed by atoms with Crippen LogP contribution in [0.5, 0.6) is 0 Å². The Labute approximate surface area is 162 Å². The summed E-state index contributed by atoms with van der Waals surface area (Å²) in [6.45, 7) is 0. The number of fused-ring (bicyclic) bond motifs is 1. The number of nitrogens with zero attached hydrogens (tertiary/aromatic N) is 5. The Morgan fingerprint density at radius 3 is 2.75 bits per heavy atom. The highest BCUT2D eigenvalue weighted by Gasteiger charge is 2.13. The number of carbonyl (C=O) groups is 1. The molecule has 0 aliphatic heterocycles. The first-order valence-corrected chi connectivity index (χ1v) is 9.33. The van der Waals surface area contributed by atoms with Crippen molar-refractivity contribution in [3.63, 3.8) is 0 Å². The number of rotatable bonds is 4. The molecule has 0 aliphatic rings. The molecule has 1 amide bonds. The molecule has 3 aromatic heterocycles. The maximum atomic E-state index is 12.5. The van der Waals surface area contributed by atoms with Gasteiger partial charge in [0.15, 0.2) is 0 Å². The molecule has 0 aliphatic carbocycles. The van der Waals surface area contributed by atoms with E-state index in [1.54, 1.807) is 22.2 Å². The first kappa shape index (κ1) is 16.3. The molecule has 5 aromatic rings. The van der Waals surface area contributed by atoms with Crippen molar-refractivity contribution in [3.05, 3.63) is 72.0 Å². The highest BCUT2D eigenvalue weighted by atomic mass is 32.1. The van der Waals surface area contributed by atoms with Crippen molar-refractivity contribution < 1.29 is 4.79 Å². The molecule has 0 unspecified atom stereocenters. The van der Waals surface area contributed by atoms with Crippen LogP contribution in [0.4, 0.5) is 5.69 Å². The predicted octanol–water partition coefficient (Wildman–Crippen LogP) is 3.52. The molecule has 0 radical (unpaired) electrons. The predicted molar refractivity (Wildman–Crippen MR) is 107 cm³/mol. The van der Waals surface area contributed by atoms with Gasteiger partial charge in [-0.15, -0.1) is 16.4 Å². The van der Waals surface area contributed by atoms with Gasteiger partial charge < -0.3 is 10.3 Å². The van der Waals surface area contributed by atoms with Gasteiger partial charge in [-0.2, -0.15) is 0 Å². The number of nitrogens with one attached hydrogen (secondary N) is 2. The normalized spacial score (nSPS) is 11.0. The molecule has 0 atom stereocenters. The van der Waals surface area contributed by atoms with Gasteiger partial charge in [0.25, 0.3) is 5.91 Å². The zero-order valence-electron chi connectivity index (χ0n) is 14.4. The van der Waals surface area contributed by atoms with Gasteiger partial charge in [0.2, 0.25) is 0 Å². The maximum Gasteiger partial charge on any atom is 0.275 e. The van der Waals surface area contributed by atoms with E-state index in [0.717, 1.165) is 27.3 Å². The summed E-state index contributed by atoms with van der Waals surface area (Å²) in [4.78, 5) is 20.3. The van der Waals surface area contributed by atoms with Crippen molar-refractivity contribution in [2.24, 2.45) is 0 Å². The fraction of sp³-hybridized carbons (Fsp3) is 0. The number of para-hydroxylation sites is 1. The summed E-state index contributed by atoms with van der Waals surface area (Å²) in [5, 5.41) is 17.5. The summed E-state index contributed by atoms with van der Waals surface area (Å²) in [6.07, 6.45) is 1.51. The lowest BCUT2D eigenvalue weighted by molar-refractivity contribution is 0.102. The Hall–Kier alpha value is -3.85. The third-order valence-electron chi connectivity index (χ3n) is 4.24. The van der Waals surface area contributed by atoms with E-state index in [0.29, 0.717) is 11.4 Å². The number of aromatic amines is 1. The maximum absolute atomic E-state index is 12.5. The Morgan fingerprint density at radius 1 is 1.11 bits per heavy atom. The summed E-state index contributed by atoms with van der Waals surface area (Å²) in [5.41, 5.74) is 3.79. The summed E-state index contributed by atoms with van der Waals surface area (Å²) < 4.78 is 1.54. The molecular formula is C19H13N7OS. The fourth-order valence-electron chi connectivity index (χ4n) is 2.86. The average Bonchev–Trinajstić information content (AvgIpc) is 3.48. The molecule has 136 valence electrons. The average molecular weight is 387 g/mol. The van der Waals surface area contributed by atoms with Gasteiger partial charge in [-0.05, 0) is 46.8 Å². The van der Waals surface area contributed by atoms with E-state index in [-0.39, 0.29) is 5.91 Å². The lowest BCUT2D eigenvalue weighted by Crippen LogP contribution is -2.12. The molecule has 3 heterocycles. The van der Waals surface area contributed by atoms with E-state index in [2.05, 4.69) is 30.8 Å². The van der Waals surface area contributed by atoms with Crippen LogP contribution in [0.3, 0.4) is 0 Å². The van der Waals surface area contributed by atoms with Crippen LogP contribution in [0, 0.1) is 0 Å². The molecule has 0 fully saturated rings. The van der Waals surface area contributed by atoms with Crippen LogP contribution >= 0.6 is 11.3 Å². The number of H-pyrrole nitrogens is 1. The second-order valence-electron chi connectivity index (χ2n) is 6.06. The molecule has 0 saturated heterocycles. The molecule has 2 N–H and O–H groups in total. The SMILES string of the molecule is O=C(Nc1ccc(-n2cnnn2)cc1)c1csc(-c2cc3ccccc3[nH]2)n1. The molecule has 9 heteroatoms. The van der Waals surface area contributed by atoms with Gasteiger partial charge in [0, 0.05) is 22.0 Å². The summed E-state index contributed by atoms with van der Waals surface area (Å²) in [6, 6.07) is 17.3. The number of benzene rings is 2. The van der Waals surface area contributed by atoms with Crippen LogP contribution in [0.2, 0.25) is 0 Å². The van der Waals surface area contributed by atoms with E-state index < -0.39 is 0 Å². The molecule has 5 rings (SSSR count). The highest BCUT2D eigenvalue weighted by Crippen LogP contribution is 2.27. The number of amides is 1. The van der Waals surface area contributed by atoms with E-state index in [1.165, 1.54) is 17.7 Å². The number of carbonyl (C=O) groups excluding carboxylic acids is 1. The van der Waals surface area contributed by atoms with Gasteiger partial charge in [0.05, 0.1) is 11.4 Å². The van der Waals surface area contributed by atoms with Gasteiger partial charge in [0.1, 0.15) is 17.0 Å². The van der Waals surface area contributed by atoms with E-state index in [4.69, 9.17) is 0 Å². The van der Waals surface area contributed by atoms with E-state index in [1.807, 2.05) is 42.5 Å². The molecule has 0 spiro atoms. The van der Waals surface area contributed by atoms with Crippen molar-refractivity contribution >= 4 is 33.8 Å². The first-order valence-electron chi connectivity index (χ1n) is 8.45. The van der Waals surface area contributed by atoms with Crippen molar-refractivity contribution in [2.75, 3.05) is 5.32 Å². The quantitative estimate of drug-likeness (QED) is 0.491. The van der Waals surface area contributed by atoms with Gasteiger partial charge in [-0.25, -0.2) is 9.67 Å². The van der Waals surface area contributed by atoms with Crippen LogP contribution in [0.15, 0.2) is 66.3 Å². The fourth-order valence-corrected chi connectivity index (χ4v) is 3.63. The second kappa shape index (κ2) is 6.71. The van der Waals surface area contributed by atoms with E-state index in [9.17, 15) is 4.79 Å². The lowest BCUT2D eigenvalue weighted by atomic mass is 10.2. The topological polar surface area (TPSA) is 101 Å². The molecule has 28 heavy (non-hydrogen) atoms. The molecular weight excluding hydrogens is 374 g/mol. The molecule has 0 saturated carbocycles. The number of hydrogen-bond acceptors (Lipinski definition) is 6. The van der Waals surface area contributed by atoms with Gasteiger partial charge >= 0.3 is 0 Å². The first-order chi connectivity index (χ1) is 13.8. The third kappa shape index (κ3) is 3.03. The Kier molecular flexibility index (Phi) is 3.91. The van der Waals surface area contributed by atoms with Crippen LogP contribution < -0.4 is 5.32 Å². The summed E-state index contributed by atoms with van der Waals surface area (Å²) in [5.74, 6) is -0.256. The minimum absolute atomic E-state index is 0.256. The minimum Gasteiger partial charge on any atom is -0.353 e. The Balaban J connectivity index is 1.33. The summed E-state index contributed by atoms with van der Waals surface area (Å²) >= 11 is 1.43. The standard InChI is InChI=1S/C19H13N7OS/c27-18(21-13-5-7-14(8-6-13)26-11-20-24-25-26)17-10-28-19(23-17)16-9-12-3-1-2-4-15(12)22-16/h1-11,22H,(H,21,27). The molecule has 8 nitrogen and oxygen atoms in total. The van der Waals surface area contributed by atoms with Gasteiger partial charge in [-0.1, -0.05) is 18.2 Å². The third-order valence-corrected chi connectivity index (χ3v) is 5.11. The summed E-state index contributed by atoms with van der Waals surface area (Å²) in [7, 11) is 0. The second-order valence-corrected chi connectivity index (χ2v) is 6.92. The van der Waals surface area contributed by atoms with Crippen molar-refractivity contribution in [1.29, 1.82) is 0 Å². The Bertz CT molecular complexity index is 1220. The van der Waals surface area contributed by atoms with Crippen LogP contribution in [-0.4, -0.2) is 36.1 Å². The number of aromatic nitrogens is 6. The number of tetrazole rings is 1. The lowest BCUT2D eigenvalue weighted by Gasteiger charge is -2.04. The number of thiazole rings is 1. The van der Waals surface area contributed by atoms with Crippen molar-refractivity contribution in [1.82, 2.24) is 30.2 Å². The highest BCUT2D eigenvalue weighted by molar-refractivity contribution is 7.13. The molecule has 0 bridgehead atoms. The Morgan fingerprint density at radius 2 is 1.96 bits per heavy atom. The largest absolute Gasteiger partial charge is 0.353 e. The minimum atomic E-state index is -0.256. The monoisotopic (exact) mass is 387 g/mol. The van der Waals surface area contributed by atoms with Crippen molar-refractivity contribution in [3.8, 4) is 16.4 Å². The van der Waals surface area contributed by atoms with Crippen LogP contribution in [0.1, 0.15) is 10.5 Å². The zero-order chi connectivity index (χ0) is 18.9. The van der Waals surface area contributed by atoms with Crippen molar-refractivity contribution in [2.45, 2.75) is 0 Å². The van der Waals surface area contributed by atoms with E-state index >= 15 is 0 Å². The smallest absolute Gasteiger partial charge is 0.275 e. The number of hydrogen-bond donors (Lipinski definition) is 2. The molecule has 2 aromatic carbocycles. The van der Waals surface area contributed by atoms with Crippen LogP contribution in [0.25, 0.3) is 27.3 Å². The number of anilines is 1. The van der Waals surface area contributed by atoms with Crippen LogP contribution in [-0.2, 0) is 0 Å².